The van der Waals surface area contributed by atoms with Gasteiger partial charge in [0, 0.05) is 24.2 Å². The molecule has 1 aromatic carbocycles. The third kappa shape index (κ3) is 3.85. The number of carbonyl (C=O) groups is 1. The van der Waals surface area contributed by atoms with Gasteiger partial charge in [-0.1, -0.05) is 17.7 Å². The maximum Gasteiger partial charge on any atom is 0.233 e. The van der Waals surface area contributed by atoms with E-state index in [1.54, 1.807) is 19.2 Å². The SMILES string of the molecule is CNC(=O)CNCc1ccc(Cl)cc1F. The summed E-state index contributed by atoms with van der Waals surface area (Å²) in [5.41, 5.74) is 0.489. The molecule has 82 valence electrons. The van der Waals surface area contributed by atoms with Gasteiger partial charge in [0.15, 0.2) is 0 Å². The van der Waals surface area contributed by atoms with Gasteiger partial charge in [-0.3, -0.25) is 4.79 Å². The number of rotatable bonds is 4. The zero-order valence-electron chi connectivity index (χ0n) is 8.31. The summed E-state index contributed by atoms with van der Waals surface area (Å²) >= 11 is 5.60. The van der Waals surface area contributed by atoms with Gasteiger partial charge in [-0.05, 0) is 12.1 Å². The first-order valence-corrected chi connectivity index (χ1v) is 4.86. The van der Waals surface area contributed by atoms with E-state index in [0.717, 1.165) is 0 Å². The maximum atomic E-state index is 13.2. The van der Waals surface area contributed by atoms with Crippen LogP contribution in [0.3, 0.4) is 0 Å². The fraction of sp³-hybridized carbons (Fsp3) is 0.300. The Kier molecular flexibility index (Phi) is 4.52. The molecular weight excluding hydrogens is 219 g/mol. The lowest BCUT2D eigenvalue weighted by atomic mass is 10.2. The van der Waals surface area contributed by atoms with Crippen LogP contribution in [0.1, 0.15) is 5.56 Å². The average Bonchev–Trinajstić information content (AvgIpc) is 2.21. The Bertz CT molecular complexity index is 357. The molecule has 0 unspecified atom stereocenters. The fourth-order valence-corrected chi connectivity index (χ4v) is 1.22. The van der Waals surface area contributed by atoms with Crippen molar-refractivity contribution in [1.29, 1.82) is 0 Å². The van der Waals surface area contributed by atoms with Crippen molar-refractivity contribution in [2.75, 3.05) is 13.6 Å². The largest absolute Gasteiger partial charge is 0.358 e. The molecule has 5 heteroatoms. The highest BCUT2D eigenvalue weighted by Crippen LogP contribution is 2.14. The van der Waals surface area contributed by atoms with Crippen LogP contribution < -0.4 is 10.6 Å². The van der Waals surface area contributed by atoms with Crippen molar-refractivity contribution in [2.45, 2.75) is 6.54 Å². The lowest BCUT2D eigenvalue weighted by molar-refractivity contribution is -0.119. The van der Waals surface area contributed by atoms with Gasteiger partial charge in [0.25, 0.3) is 0 Å². The number of hydrogen-bond donors (Lipinski definition) is 2. The van der Waals surface area contributed by atoms with Gasteiger partial charge in [0.2, 0.25) is 5.91 Å². The molecule has 15 heavy (non-hydrogen) atoms. The molecule has 1 amide bonds. The first-order chi connectivity index (χ1) is 7.13. The van der Waals surface area contributed by atoms with Gasteiger partial charge < -0.3 is 10.6 Å². The highest BCUT2D eigenvalue weighted by atomic mass is 35.5. The number of nitrogens with one attached hydrogen (secondary N) is 2. The van der Waals surface area contributed by atoms with Gasteiger partial charge in [0.1, 0.15) is 5.82 Å². The molecule has 0 aliphatic carbocycles. The van der Waals surface area contributed by atoms with Crippen LogP contribution in [-0.4, -0.2) is 19.5 Å². The van der Waals surface area contributed by atoms with Crippen LogP contribution in [0.4, 0.5) is 4.39 Å². The molecule has 0 aromatic heterocycles. The molecule has 0 fully saturated rings. The summed E-state index contributed by atoms with van der Waals surface area (Å²) in [6, 6.07) is 4.45. The molecule has 0 radical (unpaired) electrons. The second-order valence-electron chi connectivity index (χ2n) is 3.01. The van der Waals surface area contributed by atoms with Gasteiger partial charge in [-0.25, -0.2) is 4.39 Å². The van der Waals surface area contributed by atoms with Crippen molar-refractivity contribution in [2.24, 2.45) is 0 Å². The Hall–Kier alpha value is -1.13. The molecule has 0 saturated carbocycles. The zero-order valence-corrected chi connectivity index (χ0v) is 9.07. The van der Waals surface area contributed by atoms with E-state index in [-0.39, 0.29) is 18.3 Å². The van der Waals surface area contributed by atoms with Crippen LogP contribution in [0.25, 0.3) is 0 Å². The van der Waals surface area contributed by atoms with Gasteiger partial charge in [0.05, 0.1) is 6.54 Å². The third-order valence-corrected chi connectivity index (χ3v) is 2.13. The number of likely N-dealkylation sites (N-methyl/N-ethyl adjacent to an activating group) is 1. The molecule has 0 spiro atoms. The van der Waals surface area contributed by atoms with Crippen LogP contribution >= 0.6 is 11.6 Å². The van der Waals surface area contributed by atoms with Gasteiger partial charge in [-0.15, -0.1) is 0 Å². The van der Waals surface area contributed by atoms with E-state index < -0.39 is 0 Å². The second-order valence-corrected chi connectivity index (χ2v) is 3.45. The van der Waals surface area contributed by atoms with Crippen molar-refractivity contribution < 1.29 is 9.18 Å². The predicted molar refractivity (Wildman–Crippen MR) is 57.2 cm³/mol. The first kappa shape index (κ1) is 11.9. The Labute approximate surface area is 92.6 Å². The Morgan fingerprint density at radius 3 is 2.87 bits per heavy atom. The minimum absolute atomic E-state index is 0.135. The average molecular weight is 231 g/mol. The molecule has 0 atom stereocenters. The lowest BCUT2D eigenvalue weighted by Crippen LogP contribution is -2.31. The molecule has 0 saturated heterocycles. The summed E-state index contributed by atoms with van der Waals surface area (Å²) in [7, 11) is 1.55. The highest BCUT2D eigenvalue weighted by Gasteiger charge is 2.03. The van der Waals surface area contributed by atoms with Crippen LogP contribution in [0.2, 0.25) is 5.02 Å². The molecule has 0 aliphatic rings. The molecule has 1 aromatic rings. The van der Waals surface area contributed by atoms with Crippen molar-refractivity contribution in [3.8, 4) is 0 Å². The van der Waals surface area contributed by atoms with Crippen molar-refractivity contribution >= 4 is 17.5 Å². The van der Waals surface area contributed by atoms with Crippen LogP contribution in [-0.2, 0) is 11.3 Å². The van der Waals surface area contributed by atoms with E-state index in [4.69, 9.17) is 11.6 Å². The van der Waals surface area contributed by atoms with Crippen LogP contribution in [0.5, 0.6) is 0 Å². The molecule has 0 bridgehead atoms. The van der Waals surface area contributed by atoms with E-state index in [2.05, 4.69) is 10.6 Å². The fourth-order valence-electron chi connectivity index (χ4n) is 1.06. The standard InChI is InChI=1S/C10H12ClFN2O/c1-13-10(15)6-14-5-7-2-3-8(11)4-9(7)12/h2-4,14H,5-6H2,1H3,(H,13,15). The summed E-state index contributed by atoms with van der Waals surface area (Å²) in [6.45, 7) is 0.467. The number of carbonyl (C=O) groups excluding carboxylic acids is 1. The molecule has 0 aliphatic heterocycles. The number of benzene rings is 1. The topological polar surface area (TPSA) is 41.1 Å². The van der Waals surface area contributed by atoms with Crippen molar-refractivity contribution in [3.05, 3.63) is 34.6 Å². The van der Waals surface area contributed by atoms with E-state index >= 15 is 0 Å². The van der Waals surface area contributed by atoms with Crippen LogP contribution in [0.15, 0.2) is 18.2 Å². The van der Waals surface area contributed by atoms with E-state index in [9.17, 15) is 9.18 Å². The van der Waals surface area contributed by atoms with Gasteiger partial charge >= 0.3 is 0 Å². The van der Waals surface area contributed by atoms with Crippen LogP contribution in [0, 0.1) is 5.82 Å². The Morgan fingerprint density at radius 1 is 1.53 bits per heavy atom. The van der Waals surface area contributed by atoms with E-state index in [0.29, 0.717) is 17.1 Å². The highest BCUT2D eigenvalue weighted by molar-refractivity contribution is 6.30. The minimum Gasteiger partial charge on any atom is -0.358 e. The Morgan fingerprint density at radius 2 is 2.27 bits per heavy atom. The number of amides is 1. The molecule has 0 heterocycles. The second kappa shape index (κ2) is 5.68. The quantitative estimate of drug-likeness (QED) is 0.819. The summed E-state index contributed by atoms with van der Waals surface area (Å²) in [5.74, 6) is -0.503. The van der Waals surface area contributed by atoms with E-state index in [1.165, 1.54) is 6.07 Å². The Balaban J connectivity index is 2.47. The summed E-state index contributed by atoms with van der Waals surface area (Å²) in [6.07, 6.45) is 0. The van der Waals surface area contributed by atoms with Gasteiger partial charge in [-0.2, -0.15) is 0 Å². The summed E-state index contributed by atoms with van der Waals surface area (Å²) in [5, 5.41) is 5.64. The third-order valence-electron chi connectivity index (χ3n) is 1.89. The summed E-state index contributed by atoms with van der Waals surface area (Å²) in [4.78, 5) is 10.9. The molecular formula is C10H12ClFN2O. The van der Waals surface area contributed by atoms with E-state index in [1.807, 2.05) is 0 Å². The monoisotopic (exact) mass is 230 g/mol. The number of halogens is 2. The first-order valence-electron chi connectivity index (χ1n) is 4.48. The number of hydrogen-bond acceptors (Lipinski definition) is 2. The maximum absolute atomic E-state index is 13.2. The summed E-state index contributed by atoms with van der Waals surface area (Å²) < 4.78 is 13.2. The molecule has 1 rings (SSSR count). The predicted octanol–water partition coefficient (Wildman–Crippen LogP) is 1.31. The molecule has 2 N–H and O–H groups in total. The normalized spacial score (nSPS) is 10.1. The minimum atomic E-state index is -0.369. The van der Waals surface area contributed by atoms with Crippen molar-refractivity contribution in [1.82, 2.24) is 10.6 Å². The van der Waals surface area contributed by atoms with Crippen molar-refractivity contribution in [3.63, 3.8) is 0 Å². The smallest absolute Gasteiger partial charge is 0.233 e. The molecule has 3 nitrogen and oxygen atoms in total. The zero-order chi connectivity index (χ0) is 11.3. The lowest BCUT2D eigenvalue weighted by Gasteiger charge is -2.05.